The van der Waals surface area contributed by atoms with Gasteiger partial charge in [-0.05, 0) is 51.8 Å². The Morgan fingerprint density at radius 3 is 2.53 bits per heavy atom. The maximum atomic E-state index is 13.7. The van der Waals surface area contributed by atoms with E-state index in [1.54, 1.807) is 25.7 Å². The molecule has 15 heteroatoms. The van der Waals surface area contributed by atoms with Crippen molar-refractivity contribution in [1.82, 2.24) is 14.4 Å². The highest BCUT2D eigenvalue weighted by Crippen LogP contribution is 2.27. The number of anilines is 2. The van der Waals surface area contributed by atoms with Crippen molar-refractivity contribution in [2.45, 2.75) is 71.5 Å². The Bertz CT molecular complexity index is 1730. The van der Waals surface area contributed by atoms with Crippen LogP contribution in [0.1, 0.15) is 76.0 Å². The molecule has 3 aromatic rings. The van der Waals surface area contributed by atoms with E-state index in [1.165, 1.54) is 40.1 Å². The monoisotopic (exact) mass is 632 g/mol. The number of hydrogen-bond acceptors (Lipinski definition) is 11. The first-order valence-electron chi connectivity index (χ1n) is 13.6. The molecule has 4 rings (SSSR count). The van der Waals surface area contributed by atoms with Gasteiger partial charge in [0, 0.05) is 41.7 Å². The van der Waals surface area contributed by atoms with Crippen molar-refractivity contribution in [2.24, 2.45) is 5.14 Å². The average molecular weight is 633 g/mol. The fraction of sp³-hybridized carbons (Fsp3) is 0.464. The minimum atomic E-state index is -4.21. The van der Waals surface area contributed by atoms with Gasteiger partial charge in [0.05, 0.1) is 17.4 Å². The molecule has 0 spiro atoms. The molecular weight excluding hydrogens is 596 g/mol. The number of rotatable bonds is 7. The van der Waals surface area contributed by atoms with Crippen molar-refractivity contribution in [3.05, 3.63) is 57.0 Å². The summed E-state index contributed by atoms with van der Waals surface area (Å²) in [7, 11) is -4.21. The van der Waals surface area contributed by atoms with Crippen LogP contribution in [0.4, 0.5) is 10.9 Å². The number of nitrogens with zero attached hydrogens (tertiary/aromatic N) is 4. The number of fused-ring (bicyclic) bond motifs is 1. The number of hydrogen-bond donors (Lipinski definition) is 2. The highest BCUT2D eigenvalue weighted by Gasteiger charge is 2.28. The molecule has 0 radical (unpaired) electrons. The summed E-state index contributed by atoms with van der Waals surface area (Å²) in [5.41, 5.74) is -0.0715. The Morgan fingerprint density at radius 2 is 1.91 bits per heavy atom. The van der Waals surface area contributed by atoms with Crippen LogP contribution in [0.5, 0.6) is 0 Å². The van der Waals surface area contributed by atoms with Gasteiger partial charge in [-0.2, -0.15) is 8.42 Å². The largest absolute Gasteiger partial charge is 0.457 e. The molecule has 1 saturated heterocycles. The minimum absolute atomic E-state index is 0.0760. The zero-order valence-corrected chi connectivity index (χ0v) is 26.5. The van der Waals surface area contributed by atoms with Crippen LogP contribution in [0, 0.1) is 0 Å². The number of nitrogens with one attached hydrogen (secondary N) is 1. The molecule has 43 heavy (non-hydrogen) atoms. The second-order valence-electron chi connectivity index (χ2n) is 12.2. The van der Waals surface area contributed by atoms with Gasteiger partial charge in [0.1, 0.15) is 17.1 Å². The quantitative estimate of drug-likeness (QED) is 0.291. The minimum Gasteiger partial charge on any atom is -0.457 e. The average Bonchev–Trinajstić information content (AvgIpc) is 3.35. The second-order valence-corrected chi connectivity index (χ2v) is 14.2. The fourth-order valence-electron chi connectivity index (χ4n) is 4.40. The van der Waals surface area contributed by atoms with Crippen LogP contribution in [0.25, 0.3) is 11.7 Å². The lowest BCUT2D eigenvalue weighted by Crippen LogP contribution is -2.43. The summed E-state index contributed by atoms with van der Waals surface area (Å²) in [6, 6.07) is 2.96. The molecule has 0 unspecified atom stereocenters. The van der Waals surface area contributed by atoms with Crippen molar-refractivity contribution in [3.8, 4) is 0 Å². The van der Waals surface area contributed by atoms with Gasteiger partial charge < -0.3 is 9.64 Å². The molecule has 1 aliphatic heterocycles. The van der Waals surface area contributed by atoms with Crippen LogP contribution in [0.2, 0.25) is 0 Å². The lowest BCUT2D eigenvalue weighted by Gasteiger charge is -2.33. The van der Waals surface area contributed by atoms with Gasteiger partial charge in [-0.15, -0.1) is 11.3 Å². The summed E-state index contributed by atoms with van der Waals surface area (Å²) in [4.78, 5) is 50.1. The van der Waals surface area contributed by atoms with Gasteiger partial charge in [0.25, 0.3) is 11.5 Å². The van der Waals surface area contributed by atoms with Crippen LogP contribution < -0.4 is 20.9 Å². The summed E-state index contributed by atoms with van der Waals surface area (Å²) in [5, 5.41) is 10.2. The van der Waals surface area contributed by atoms with Gasteiger partial charge in [-0.25, -0.2) is 19.9 Å². The molecule has 1 fully saturated rings. The fourth-order valence-corrected chi connectivity index (χ4v) is 5.87. The molecule has 13 nitrogen and oxygen atoms in total. The van der Waals surface area contributed by atoms with E-state index in [4.69, 9.17) is 14.1 Å². The van der Waals surface area contributed by atoms with Gasteiger partial charge in [-0.1, -0.05) is 20.8 Å². The van der Waals surface area contributed by atoms with Crippen LogP contribution >= 0.6 is 11.3 Å². The number of carbonyl (C=O) groups is 2. The van der Waals surface area contributed by atoms with E-state index in [-0.39, 0.29) is 34.6 Å². The second kappa shape index (κ2) is 12.1. The van der Waals surface area contributed by atoms with Gasteiger partial charge >= 0.3 is 16.3 Å². The topological polar surface area (TPSA) is 175 Å². The predicted molar refractivity (Wildman–Crippen MR) is 165 cm³/mol. The molecule has 0 bridgehead atoms. The first-order chi connectivity index (χ1) is 19.9. The predicted octanol–water partition coefficient (Wildman–Crippen LogP) is 3.24. The number of thiazole rings is 1. The zero-order chi connectivity index (χ0) is 31.7. The van der Waals surface area contributed by atoms with E-state index in [0.717, 1.165) is 11.8 Å². The van der Waals surface area contributed by atoms with Crippen molar-refractivity contribution in [3.63, 3.8) is 0 Å². The number of piperidine rings is 1. The van der Waals surface area contributed by atoms with E-state index < -0.39 is 39.4 Å². The lowest BCUT2D eigenvalue weighted by atomic mass is 9.93. The molecule has 0 aliphatic carbocycles. The first-order valence-corrected chi connectivity index (χ1v) is 16.0. The molecular formula is C28H36N6O7S2. The Hall–Kier alpha value is -3.66. The molecule has 232 valence electrons. The SMILES string of the molecule is CC(C)(C)OC(=O)/C=C/c1c(N2CCC[C@@H](OS(N)(=O)=O)C2)nc2cc(C(=O)Nc3nc(C(C)(C)C)cs3)ccn2c1=O. The Morgan fingerprint density at radius 1 is 1.19 bits per heavy atom. The first kappa shape index (κ1) is 32.3. The third kappa shape index (κ3) is 8.46. The molecule has 0 aromatic carbocycles. The number of esters is 1. The van der Waals surface area contributed by atoms with Crippen LogP contribution in [-0.4, -0.2) is 59.5 Å². The standard InChI is InChI=1S/C28H36N6O7S2/c1-27(2,3)20-16-42-26(30-20)32-24(36)17-11-13-34-21(14-17)31-23(33-12-7-8-18(15-33)41-43(29,38)39)19(25(34)37)9-10-22(35)40-28(4,5)6/h9-11,13-14,16,18H,7-8,12,15H2,1-6H3,(H2,29,38,39)(H,30,32,36)/b10-9+/t18-/m1/s1. The molecule has 1 aliphatic rings. The molecule has 3 N–H and O–H groups in total. The lowest BCUT2D eigenvalue weighted by molar-refractivity contribution is -0.148. The van der Waals surface area contributed by atoms with Crippen LogP contribution in [0.3, 0.4) is 0 Å². The number of nitrogens with two attached hydrogens (primary N) is 1. The summed E-state index contributed by atoms with van der Waals surface area (Å²) in [6.45, 7) is 11.8. The van der Waals surface area contributed by atoms with E-state index in [0.29, 0.717) is 24.5 Å². The molecule has 0 saturated carbocycles. The third-order valence-corrected chi connectivity index (χ3v) is 7.64. The number of amides is 1. The summed E-state index contributed by atoms with van der Waals surface area (Å²) in [6.07, 6.45) is 4.10. The number of ether oxygens (including phenoxy) is 1. The van der Waals surface area contributed by atoms with Crippen molar-refractivity contribution >= 4 is 56.2 Å². The molecule has 1 atom stereocenters. The van der Waals surface area contributed by atoms with Gasteiger partial charge in [0.15, 0.2) is 5.13 Å². The normalized spacial score (nSPS) is 16.5. The van der Waals surface area contributed by atoms with Crippen molar-refractivity contribution in [1.29, 1.82) is 0 Å². The van der Waals surface area contributed by atoms with Gasteiger partial charge in [-0.3, -0.25) is 23.5 Å². The summed E-state index contributed by atoms with van der Waals surface area (Å²) in [5.74, 6) is -0.887. The van der Waals surface area contributed by atoms with E-state index in [1.807, 2.05) is 26.2 Å². The number of aromatic nitrogens is 3. The van der Waals surface area contributed by atoms with E-state index in [2.05, 4.69) is 15.3 Å². The summed E-state index contributed by atoms with van der Waals surface area (Å²) < 4.78 is 34.8. The smallest absolute Gasteiger partial charge is 0.333 e. The number of pyridine rings is 1. The van der Waals surface area contributed by atoms with Crippen molar-refractivity contribution < 1.29 is 26.9 Å². The Kier molecular flexibility index (Phi) is 9.11. The van der Waals surface area contributed by atoms with Crippen LogP contribution in [0.15, 0.2) is 34.6 Å². The summed E-state index contributed by atoms with van der Waals surface area (Å²) >= 11 is 1.31. The molecule has 3 aromatic heterocycles. The Balaban J connectivity index is 1.73. The Labute approximate surface area is 254 Å². The zero-order valence-electron chi connectivity index (χ0n) is 24.9. The highest BCUT2D eigenvalue weighted by molar-refractivity contribution is 7.84. The van der Waals surface area contributed by atoms with E-state index >= 15 is 0 Å². The maximum Gasteiger partial charge on any atom is 0.333 e. The number of carbonyl (C=O) groups excluding carboxylic acids is 2. The van der Waals surface area contributed by atoms with E-state index in [9.17, 15) is 22.8 Å². The molecule has 1 amide bonds. The maximum absolute atomic E-state index is 13.7. The highest BCUT2D eigenvalue weighted by atomic mass is 32.2. The third-order valence-electron chi connectivity index (χ3n) is 6.34. The van der Waals surface area contributed by atoms with Gasteiger partial charge in [0.2, 0.25) is 0 Å². The van der Waals surface area contributed by atoms with Crippen molar-refractivity contribution in [2.75, 3.05) is 23.3 Å². The molecule has 4 heterocycles. The van der Waals surface area contributed by atoms with Crippen LogP contribution in [-0.2, 0) is 29.4 Å².